The monoisotopic (exact) mass is 697 g/mol. The fourth-order valence-electron chi connectivity index (χ4n) is 2.12. The first-order valence-electron chi connectivity index (χ1n) is 7.63. The van der Waals surface area contributed by atoms with Crippen molar-refractivity contribution in [2.45, 2.75) is 16.9 Å². The minimum Gasteiger partial charge on any atom is -0.339 e. The van der Waals surface area contributed by atoms with Gasteiger partial charge in [-0.3, -0.25) is 4.79 Å². The van der Waals surface area contributed by atoms with Gasteiger partial charge in [-0.05, 0) is 116 Å². The molecule has 2 aromatic carbocycles. The highest BCUT2D eigenvalue weighted by molar-refractivity contribution is 14.1. The van der Waals surface area contributed by atoms with Crippen LogP contribution in [0.5, 0.6) is 0 Å². The van der Waals surface area contributed by atoms with Crippen LogP contribution in [0, 0.1) is 10.5 Å². The molecule has 4 nitrogen and oxygen atoms in total. The predicted molar refractivity (Wildman–Crippen MR) is 137 cm³/mol. The number of benzene rings is 2. The van der Waals surface area contributed by atoms with Gasteiger partial charge < -0.3 is 16.0 Å². The Labute approximate surface area is 213 Å². The van der Waals surface area contributed by atoms with Crippen molar-refractivity contribution in [3.8, 4) is 0 Å². The lowest BCUT2D eigenvalue weighted by Gasteiger charge is -2.28. The van der Waals surface area contributed by atoms with Gasteiger partial charge in [0, 0.05) is 18.1 Å². The Kier molecular flexibility index (Phi) is 9.12. The Hall–Kier alpha value is 0.160. The van der Waals surface area contributed by atoms with Crippen LogP contribution in [0.3, 0.4) is 0 Å². The molecule has 0 radical (unpaired) electrons. The first-order valence-corrected chi connectivity index (χ1v) is 11.8. The number of anilines is 1. The van der Waals surface area contributed by atoms with Gasteiger partial charge in [-0.2, -0.15) is 0 Å². The van der Waals surface area contributed by atoms with Gasteiger partial charge in [0.05, 0.1) is 5.69 Å². The number of carbonyl (C=O) groups excluding carboxylic acids is 1. The molecule has 0 saturated carbocycles. The van der Waals surface area contributed by atoms with Gasteiger partial charge in [-0.1, -0.05) is 34.8 Å². The van der Waals surface area contributed by atoms with E-state index in [2.05, 4.69) is 70.4 Å². The minimum absolute atomic E-state index is 0.171. The standard InChI is InChI=1S/C17H13Br2Cl3IN3OS/c1-8-6-11(18)13(12(19)7-8)24-16(28)26-15(17(20,21)22)25-14(27)9-2-4-10(23)5-3-9/h2-7,15H,1H3,(H,25,27)(H2,24,26,28)/t15-/m0/s1. The zero-order valence-electron chi connectivity index (χ0n) is 14.1. The number of thiocarbonyl (C=S) groups is 1. The normalized spacial score (nSPS) is 12.2. The van der Waals surface area contributed by atoms with E-state index in [9.17, 15) is 4.79 Å². The summed E-state index contributed by atoms with van der Waals surface area (Å²) in [6.45, 7) is 1.97. The van der Waals surface area contributed by atoms with Crippen molar-refractivity contribution in [1.82, 2.24) is 10.6 Å². The molecule has 0 bridgehead atoms. The molecular formula is C17H13Br2Cl3IN3OS. The molecule has 1 amide bonds. The zero-order valence-corrected chi connectivity index (χ0v) is 22.5. The van der Waals surface area contributed by atoms with Gasteiger partial charge in [0.15, 0.2) is 5.11 Å². The Morgan fingerprint density at radius 2 is 1.64 bits per heavy atom. The molecule has 0 fully saturated rings. The number of carbonyl (C=O) groups is 1. The van der Waals surface area contributed by atoms with Crippen LogP contribution >= 0.6 is 101 Å². The molecule has 0 unspecified atom stereocenters. The van der Waals surface area contributed by atoms with Crippen LogP contribution in [0.1, 0.15) is 15.9 Å². The molecule has 0 saturated heterocycles. The molecule has 11 heteroatoms. The maximum absolute atomic E-state index is 12.5. The molecular weight excluding hydrogens is 687 g/mol. The van der Waals surface area contributed by atoms with Crippen molar-refractivity contribution in [2.24, 2.45) is 0 Å². The number of hydrogen-bond donors (Lipinski definition) is 3. The molecule has 0 aliphatic carbocycles. The van der Waals surface area contributed by atoms with E-state index in [-0.39, 0.29) is 5.11 Å². The molecule has 2 rings (SSSR count). The number of amides is 1. The summed E-state index contributed by atoms with van der Waals surface area (Å²) in [4.78, 5) is 12.5. The lowest BCUT2D eigenvalue weighted by Crippen LogP contribution is -2.56. The number of hydrogen-bond acceptors (Lipinski definition) is 2. The fraction of sp³-hybridized carbons (Fsp3) is 0.176. The van der Waals surface area contributed by atoms with Crippen LogP contribution in [0.15, 0.2) is 45.3 Å². The van der Waals surface area contributed by atoms with E-state index in [4.69, 9.17) is 47.0 Å². The van der Waals surface area contributed by atoms with Crippen LogP contribution in [0.2, 0.25) is 0 Å². The Morgan fingerprint density at radius 3 is 2.14 bits per heavy atom. The first kappa shape index (κ1) is 24.4. The van der Waals surface area contributed by atoms with Crippen molar-refractivity contribution in [3.63, 3.8) is 0 Å². The third-order valence-corrected chi connectivity index (χ3v) is 6.25. The molecule has 3 N–H and O–H groups in total. The second kappa shape index (κ2) is 10.5. The van der Waals surface area contributed by atoms with Gasteiger partial charge in [0.25, 0.3) is 5.91 Å². The number of nitrogens with one attached hydrogen (secondary N) is 3. The van der Waals surface area contributed by atoms with Crippen LogP contribution in [0.4, 0.5) is 5.69 Å². The van der Waals surface area contributed by atoms with Crippen molar-refractivity contribution >= 4 is 118 Å². The molecule has 0 spiro atoms. The van der Waals surface area contributed by atoms with E-state index in [1.165, 1.54) is 0 Å². The van der Waals surface area contributed by atoms with Gasteiger partial charge >= 0.3 is 0 Å². The smallest absolute Gasteiger partial charge is 0.252 e. The van der Waals surface area contributed by atoms with Gasteiger partial charge in [0.1, 0.15) is 6.17 Å². The third kappa shape index (κ3) is 7.14. The van der Waals surface area contributed by atoms with Crippen molar-refractivity contribution < 1.29 is 4.79 Å². The molecule has 150 valence electrons. The fourth-order valence-corrected chi connectivity index (χ4v) is 4.64. The molecule has 28 heavy (non-hydrogen) atoms. The summed E-state index contributed by atoms with van der Waals surface area (Å²) in [7, 11) is 0. The number of rotatable bonds is 4. The lowest BCUT2D eigenvalue weighted by molar-refractivity contribution is 0.0934. The van der Waals surface area contributed by atoms with Gasteiger partial charge in [-0.15, -0.1) is 0 Å². The molecule has 2 aromatic rings. The molecule has 0 aliphatic heterocycles. The highest BCUT2D eigenvalue weighted by Crippen LogP contribution is 2.33. The highest BCUT2D eigenvalue weighted by Gasteiger charge is 2.35. The maximum Gasteiger partial charge on any atom is 0.252 e. The van der Waals surface area contributed by atoms with E-state index in [1.807, 2.05) is 31.2 Å². The van der Waals surface area contributed by atoms with Crippen molar-refractivity contribution in [3.05, 3.63) is 60.0 Å². The molecule has 0 aliphatic rings. The van der Waals surface area contributed by atoms with E-state index in [0.29, 0.717) is 11.3 Å². The zero-order chi connectivity index (χ0) is 21.1. The SMILES string of the molecule is Cc1cc(Br)c(NC(=S)N[C@H](NC(=O)c2ccc(I)cc2)C(Cl)(Cl)Cl)c(Br)c1. The van der Waals surface area contributed by atoms with Crippen LogP contribution in [-0.4, -0.2) is 21.0 Å². The van der Waals surface area contributed by atoms with E-state index < -0.39 is 15.9 Å². The van der Waals surface area contributed by atoms with Crippen molar-refractivity contribution in [2.75, 3.05) is 5.32 Å². The summed E-state index contributed by atoms with van der Waals surface area (Å²) in [5.41, 5.74) is 2.20. The average molecular weight is 700 g/mol. The molecule has 0 heterocycles. The van der Waals surface area contributed by atoms with E-state index in [1.54, 1.807) is 12.1 Å². The van der Waals surface area contributed by atoms with Crippen molar-refractivity contribution in [1.29, 1.82) is 0 Å². The highest BCUT2D eigenvalue weighted by atomic mass is 127. The topological polar surface area (TPSA) is 53.2 Å². The van der Waals surface area contributed by atoms with E-state index >= 15 is 0 Å². The second-order valence-electron chi connectivity index (χ2n) is 5.66. The number of aryl methyl sites for hydroxylation is 1. The molecule has 0 aromatic heterocycles. The Bertz CT molecular complexity index is 871. The molecule has 1 atom stereocenters. The summed E-state index contributed by atoms with van der Waals surface area (Å²) in [5, 5.41) is 8.68. The summed E-state index contributed by atoms with van der Waals surface area (Å²) in [6.07, 6.45) is -1.06. The summed E-state index contributed by atoms with van der Waals surface area (Å²) in [5.74, 6) is -0.402. The van der Waals surface area contributed by atoms with Gasteiger partial charge in [-0.25, -0.2) is 0 Å². The lowest BCUT2D eigenvalue weighted by atomic mass is 10.2. The van der Waals surface area contributed by atoms with Crippen LogP contribution < -0.4 is 16.0 Å². The summed E-state index contributed by atoms with van der Waals surface area (Å²) >= 11 is 32.5. The minimum atomic E-state index is -1.84. The van der Waals surface area contributed by atoms with E-state index in [0.717, 1.165) is 18.1 Å². The third-order valence-electron chi connectivity index (χ3n) is 3.41. The summed E-state index contributed by atoms with van der Waals surface area (Å²) < 4.78 is 0.769. The average Bonchev–Trinajstić information content (AvgIpc) is 2.57. The number of alkyl halides is 3. The van der Waals surface area contributed by atoms with Gasteiger partial charge in [0.2, 0.25) is 3.79 Å². The van der Waals surface area contributed by atoms with Crippen LogP contribution in [-0.2, 0) is 0 Å². The Morgan fingerprint density at radius 1 is 1.11 bits per heavy atom. The second-order valence-corrected chi connectivity index (χ2v) is 11.4. The summed E-state index contributed by atoms with van der Waals surface area (Å²) in [6, 6.07) is 10.9. The van der Waals surface area contributed by atoms with Crippen LogP contribution in [0.25, 0.3) is 0 Å². The Balaban J connectivity index is 2.13. The quantitative estimate of drug-likeness (QED) is 0.147. The largest absolute Gasteiger partial charge is 0.339 e. The first-order chi connectivity index (χ1) is 13.0. The predicted octanol–water partition coefficient (Wildman–Crippen LogP) is 6.54. The number of halogens is 6. The maximum atomic E-state index is 12.5.